The second-order valence-corrected chi connectivity index (χ2v) is 35.9. The second kappa shape index (κ2) is 26.9. The highest BCUT2D eigenvalue weighted by atomic mass is 16.3. The molecule has 0 radical (unpaired) electrons. The molecule has 0 aliphatic heterocycles. The molecule has 0 amide bonds. The number of anilines is 6. The number of fused-ring (bicyclic) bond motifs is 28. The minimum Gasteiger partial charge on any atom is -0.456 e. The number of rotatable bonds is 11. The standard InChI is InChI=1S/C124H72N6O2/c1-5-21-87(22-6-1)125(88-23-7-2-8-24-88)91-45-37-74-58-101-109-66-86(67-110-102-59-75-38-46-92(126(89-25-9-3-10-26-89)90-27-11-4-12-28-90)54-82(75)69-116(102)129(123(109)110)115(101)68-81(74)53-91)79-44-52-121-106(63-79)99-49-41-80(72-122(99)132-121)73-42-50-114-100(57-73)97-31-15-19-35-113(97)128(114)94-48-40-77-61-104-108-65-85(78-43-51-120-105(62-78)98-32-16-20-36-119(98)131-120)64-107-103-60-76-39-47-93(127-111-33-17-13-29-95(111)96-30-14-18-34-112(96)127)55-83(76)70-117(103)130(124(107)108)118(104)71-84(77)56-94/h1-72H. The molecule has 22 aromatic carbocycles. The zero-order chi connectivity index (χ0) is 85.8. The number of hydrogen-bond donors (Lipinski definition) is 0. The Balaban J connectivity index is 0.536. The molecule has 30 aromatic rings. The van der Waals surface area contributed by atoms with Crippen LogP contribution in [0.15, 0.2) is 446 Å². The molecule has 610 valence electrons. The average molecular weight is 1680 g/mol. The quantitative estimate of drug-likeness (QED) is 0.129. The van der Waals surface area contributed by atoms with Gasteiger partial charge in [0.15, 0.2) is 0 Å². The molecule has 0 saturated carbocycles. The molecule has 0 saturated heterocycles. The van der Waals surface area contributed by atoms with E-state index in [0.29, 0.717) is 0 Å². The van der Waals surface area contributed by atoms with Crippen LogP contribution in [0.4, 0.5) is 34.1 Å². The zero-order valence-corrected chi connectivity index (χ0v) is 71.1. The minimum absolute atomic E-state index is 0.850. The third-order valence-electron chi connectivity index (χ3n) is 28.7. The second-order valence-electron chi connectivity index (χ2n) is 35.9. The van der Waals surface area contributed by atoms with Crippen LogP contribution in [-0.2, 0) is 0 Å². The number of aromatic nitrogens is 4. The van der Waals surface area contributed by atoms with E-state index in [1.165, 1.54) is 157 Å². The van der Waals surface area contributed by atoms with Gasteiger partial charge >= 0.3 is 0 Å². The van der Waals surface area contributed by atoms with E-state index < -0.39 is 0 Å². The van der Waals surface area contributed by atoms with Crippen molar-refractivity contribution in [3.63, 3.8) is 0 Å². The zero-order valence-electron chi connectivity index (χ0n) is 71.1. The molecule has 132 heavy (non-hydrogen) atoms. The fourth-order valence-corrected chi connectivity index (χ4v) is 22.8. The van der Waals surface area contributed by atoms with E-state index in [1.54, 1.807) is 0 Å². The van der Waals surface area contributed by atoms with Crippen molar-refractivity contribution in [2.75, 3.05) is 9.80 Å². The molecule has 0 fully saturated rings. The van der Waals surface area contributed by atoms with Gasteiger partial charge in [0.05, 0.1) is 55.2 Å². The normalized spacial score (nSPS) is 12.4. The van der Waals surface area contributed by atoms with E-state index in [-0.39, 0.29) is 0 Å². The smallest absolute Gasteiger partial charge is 0.136 e. The first-order valence-corrected chi connectivity index (χ1v) is 45.4. The summed E-state index contributed by atoms with van der Waals surface area (Å²) in [6.45, 7) is 0. The van der Waals surface area contributed by atoms with E-state index in [0.717, 1.165) is 128 Å². The summed E-state index contributed by atoms with van der Waals surface area (Å²) >= 11 is 0. The highest BCUT2D eigenvalue weighted by Gasteiger charge is 2.28. The summed E-state index contributed by atoms with van der Waals surface area (Å²) in [6, 6.07) is 162. The Labute approximate surface area is 753 Å². The Morgan fingerprint density at radius 3 is 0.894 bits per heavy atom. The molecule has 8 nitrogen and oxygen atoms in total. The number of benzene rings is 22. The summed E-state index contributed by atoms with van der Waals surface area (Å²) in [5.74, 6) is 0. The van der Waals surface area contributed by atoms with Gasteiger partial charge in [-0.15, -0.1) is 0 Å². The van der Waals surface area contributed by atoms with Crippen molar-refractivity contribution < 1.29 is 8.83 Å². The van der Waals surface area contributed by atoms with Crippen LogP contribution in [0.2, 0.25) is 0 Å². The largest absolute Gasteiger partial charge is 0.456 e. The van der Waals surface area contributed by atoms with Crippen molar-refractivity contribution in [1.29, 1.82) is 0 Å². The first-order chi connectivity index (χ1) is 65.4. The third-order valence-corrected chi connectivity index (χ3v) is 28.7. The average Bonchev–Trinajstić information content (AvgIpc) is 1.53. The number of nitrogens with zero attached hydrogens (tertiary/aromatic N) is 6. The molecule has 0 N–H and O–H groups in total. The van der Waals surface area contributed by atoms with E-state index in [9.17, 15) is 0 Å². The van der Waals surface area contributed by atoms with Crippen molar-refractivity contribution in [3.8, 4) is 44.8 Å². The van der Waals surface area contributed by atoms with E-state index >= 15 is 0 Å². The highest BCUT2D eigenvalue weighted by Crippen LogP contribution is 2.51. The van der Waals surface area contributed by atoms with Crippen molar-refractivity contribution >= 4 is 241 Å². The first kappa shape index (κ1) is 71.4. The number of hydrogen-bond acceptors (Lipinski definition) is 4. The fourth-order valence-electron chi connectivity index (χ4n) is 22.8. The lowest BCUT2D eigenvalue weighted by Gasteiger charge is -2.25. The van der Waals surface area contributed by atoms with E-state index in [4.69, 9.17) is 8.83 Å². The van der Waals surface area contributed by atoms with E-state index in [2.05, 4.69) is 458 Å². The number of para-hydroxylation sites is 8. The Morgan fingerprint density at radius 2 is 0.455 bits per heavy atom. The third kappa shape index (κ3) is 10.4. The molecule has 0 bridgehead atoms. The maximum absolute atomic E-state index is 6.97. The summed E-state index contributed by atoms with van der Waals surface area (Å²) in [5.41, 5.74) is 31.0. The Kier molecular flexibility index (Phi) is 14.6. The monoisotopic (exact) mass is 1680 g/mol. The van der Waals surface area contributed by atoms with Crippen LogP contribution in [0.5, 0.6) is 0 Å². The van der Waals surface area contributed by atoms with Gasteiger partial charge in [-0.3, -0.25) is 0 Å². The molecule has 0 spiro atoms. The van der Waals surface area contributed by atoms with Crippen LogP contribution >= 0.6 is 0 Å². The Hall–Kier alpha value is -17.7. The first-order valence-electron chi connectivity index (χ1n) is 45.4. The maximum Gasteiger partial charge on any atom is 0.136 e. The van der Waals surface area contributed by atoms with Crippen LogP contribution in [0.3, 0.4) is 0 Å². The Bertz CT molecular complexity index is 9860. The van der Waals surface area contributed by atoms with Crippen LogP contribution in [0.25, 0.3) is 252 Å². The van der Waals surface area contributed by atoms with Gasteiger partial charge in [-0.25, -0.2) is 0 Å². The van der Waals surface area contributed by atoms with Gasteiger partial charge in [-0.2, -0.15) is 0 Å². The van der Waals surface area contributed by atoms with Gasteiger partial charge < -0.3 is 36.6 Å². The van der Waals surface area contributed by atoms with E-state index in [1.807, 2.05) is 6.07 Å². The minimum atomic E-state index is 0.850. The van der Waals surface area contributed by atoms with Crippen LogP contribution in [-0.4, -0.2) is 17.9 Å². The van der Waals surface area contributed by atoms with Crippen molar-refractivity contribution in [2.45, 2.75) is 0 Å². The van der Waals surface area contributed by atoms with Gasteiger partial charge in [0.2, 0.25) is 0 Å². The molecule has 0 aliphatic carbocycles. The van der Waals surface area contributed by atoms with Crippen molar-refractivity contribution in [1.82, 2.24) is 17.9 Å². The van der Waals surface area contributed by atoms with Gasteiger partial charge in [0.25, 0.3) is 0 Å². The molecule has 30 rings (SSSR count). The summed E-state index contributed by atoms with van der Waals surface area (Å²) in [5, 5.41) is 28.5. The lowest BCUT2D eigenvalue weighted by molar-refractivity contribution is 0.668. The van der Waals surface area contributed by atoms with Gasteiger partial charge in [-0.05, 0) is 319 Å². The molecule has 0 unspecified atom stereocenters. The lowest BCUT2D eigenvalue weighted by Crippen LogP contribution is -2.09. The highest BCUT2D eigenvalue weighted by molar-refractivity contribution is 6.30. The van der Waals surface area contributed by atoms with Gasteiger partial charge in [0.1, 0.15) is 22.3 Å². The molecule has 0 atom stereocenters. The Morgan fingerprint density at radius 1 is 0.152 bits per heavy atom. The summed E-state index contributed by atoms with van der Waals surface area (Å²) in [4.78, 5) is 4.71. The maximum atomic E-state index is 6.97. The molecule has 0 aliphatic rings. The number of furan rings is 2. The summed E-state index contributed by atoms with van der Waals surface area (Å²) < 4.78 is 23.4. The molecular formula is C124H72N6O2. The van der Waals surface area contributed by atoms with Crippen molar-refractivity contribution in [3.05, 3.63) is 437 Å². The predicted molar refractivity (Wildman–Crippen MR) is 555 cm³/mol. The molecule has 8 heterocycles. The van der Waals surface area contributed by atoms with Crippen molar-refractivity contribution in [2.24, 2.45) is 0 Å². The van der Waals surface area contributed by atoms with Crippen LogP contribution in [0, 0.1) is 0 Å². The SMILES string of the molecule is c1ccc(N(c2ccccc2)c2ccc3cc4c5cc(-c6ccc7oc8cc(-c9ccc%10c(c9)c9ccccc9n%10-c9ccc%10cc%11c%12cc(-c%13ccc%14oc%15ccccc%15c%14c%13)cc%13c%14cc%15ccc(-n%16c%17ccccc%17c%17ccccc%17%16)cc%15cc%14n(c%11cc%10c9)c%13%12)ccc8c7c6)cc6c7cc8ccc(N(c9ccccc9)c9ccccc9)cc8cc7n(c4cc3c2)c56)cc1. The summed E-state index contributed by atoms with van der Waals surface area (Å²) in [7, 11) is 0. The lowest BCUT2D eigenvalue weighted by atomic mass is 9.96. The van der Waals surface area contributed by atoms with Gasteiger partial charge in [-0.1, -0.05) is 194 Å². The molecule has 8 heteroatoms. The summed E-state index contributed by atoms with van der Waals surface area (Å²) in [6.07, 6.45) is 0. The van der Waals surface area contributed by atoms with Gasteiger partial charge in [0, 0.05) is 132 Å². The van der Waals surface area contributed by atoms with Crippen LogP contribution in [0.1, 0.15) is 0 Å². The molecule has 8 aromatic heterocycles. The predicted octanol–water partition coefficient (Wildman–Crippen LogP) is 34.5. The van der Waals surface area contributed by atoms with Crippen LogP contribution < -0.4 is 9.80 Å². The topological polar surface area (TPSA) is 51.4 Å². The fraction of sp³-hybridized carbons (Fsp3) is 0. The molecular weight excluding hydrogens is 1610 g/mol.